The van der Waals surface area contributed by atoms with Crippen LogP contribution in [0.25, 0.3) is 0 Å². The van der Waals surface area contributed by atoms with Gasteiger partial charge in [0.2, 0.25) is 10.0 Å². The van der Waals surface area contributed by atoms with Crippen LogP contribution in [0.1, 0.15) is 17.2 Å². The van der Waals surface area contributed by atoms with Gasteiger partial charge in [-0.25, -0.2) is 8.42 Å². The predicted molar refractivity (Wildman–Crippen MR) is 96.6 cm³/mol. The molecule has 0 bridgehead atoms. The lowest BCUT2D eigenvalue weighted by atomic mass is 10.1. The summed E-state index contributed by atoms with van der Waals surface area (Å²) in [4.78, 5) is 0.155. The first kappa shape index (κ1) is 18.2. The molecule has 0 radical (unpaired) electrons. The summed E-state index contributed by atoms with van der Waals surface area (Å²) in [7, 11) is -2.16. The topological polar surface area (TPSA) is 55.8 Å². The van der Waals surface area contributed by atoms with Crippen LogP contribution in [-0.4, -0.2) is 39.5 Å². The van der Waals surface area contributed by atoms with Gasteiger partial charge in [-0.1, -0.05) is 41.4 Å². The van der Waals surface area contributed by atoms with E-state index in [1.807, 2.05) is 31.2 Å². The zero-order valence-electron chi connectivity index (χ0n) is 14.1. The zero-order valence-corrected chi connectivity index (χ0v) is 15.7. The number of aryl methyl sites for hydroxylation is 1. The Morgan fingerprint density at radius 3 is 2.56 bits per heavy atom. The lowest BCUT2D eigenvalue weighted by Crippen LogP contribution is -2.42. The number of sulfonamides is 1. The molecule has 0 aromatic heterocycles. The second-order valence-electron chi connectivity index (χ2n) is 5.93. The Labute approximate surface area is 153 Å². The summed E-state index contributed by atoms with van der Waals surface area (Å²) in [6, 6.07) is 12.4. The molecule has 5 nitrogen and oxygen atoms in total. The Bertz CT molecular complexity index is 852. The Morgan fingerprint density at radius 1 is 1.20 bits per heavy atom. The third kappa shape index (κ3) is 3.82. The van der Waals surface area contributed by atoms with E-state index < -0.39 is 10.0 Å². The molecule has 0 saturated carbocycles. The monoisotopic (exact) mass is 381 g/mol. The quantitative estimate of drug-likeness (QED) is 0.814. The van der Waals surface area contributed by atoms with E-state index in [1.165, 1.54) is 23.5 Å². The minimum atomic E-state index is -3.65. The van der Waals surface area contributed by atoms with E-state index in [9.17, 15) is 8.42 Å². The standard InChI is InChI=1S/C18H20ClNO4S/c1-13-3-5-14(6-4-13)18-12-20(9-10-24-18)25(21,22)15-7-8-17(23-2)16(19)11-15/h3-8,11,18H,9-10,12H2,1-2H3. The molecule has 2 aromatic rings. The molecule has 0 N–H and O–H groups in total. The maximum atomic E-state index is 12.9. The smallest absolute Gasteiger partial charge is 0.243 e. The molecule has 0 amide bonds. The number of methoxy groups -OCH3 is 1. The van der Waals surface area contributed by atoms with Crippen molar-refractivity contribution in [3.05, 3.63) is 58.6 Å². The van der Waals surface area contributed by atoms with E-state index >= 15 is 0 Å². The number of hydrogen-bond donors (Lipinski definition) is 0. The summed E-state index contributed by atoms with van der Waals surface area (Å²) in [5.41, 5.74) is 2.12. The summed E-state index contributed by atoms with van der Waals surface area (Å²) < 4.78 is 38.2. The molecule has 1 aliphatic rings. The molecule has 0 aliphatic carbocycles. The van der Waals surface area contributed by atoms with Crippen molar-refractivity contribution in [2.24, 2.45) is 0 Å². The van der Waals surface area contributed by atoms with Crippen molar-refractivity contribution in [3.63, 3.8) is 0 Å². The SMILES string of the molecule is COc1ccc(S(=O)(=O)N2CCOC(c3ccc(C)cc3)C2)cc1Cl. The molecule has 1 atom stereocenters. The summed E-state index contributed by atoms with van der Waals surface area (Å²) in [6.45, 7) is 2.95. The number of ether oxygens (including phenoxy) is 2. The highest BCUT2D eigenvalue weighted by Crippen LogP contribution is 2.31. The predicted octanol–water partition coefficient (Wildman–Crippen LogP) is 3.42. The molecule has 1 unspecified atom stereocenters. The minimum Gasteiger partial charge on any atom is -0.495 e. The maximum absolute atomic E-state index is 12.9. The van der Waals surface area contributed by atoms with Gasteiger partial charge in [0.25, 0.3) is 0 Å². The average molecular weight is 382 g/mol. The van der Waals surface area contributed by atoms with E-state index in [1.54, 1.807) is 6.07 Å². The molecule has 2 aromatic carbocycles. The number of nitrogens with zero attached hydrogens (tertiary/aromatic N) is 1. The Kier molecular flexibility index (Phi) is 5.34. The first-order valence-electron chi connectivity index (χ1n) is 7.93. The number of benzene rings is 2. The number of halogens is 1. The highest BCUT2D eigenvalue weighted by Gasteiger charge is 2.31. The fraction of sp³-hybridized carbons (Fsp3) is 0.333. The molecule has 0 spiro atoms. The Morgan fingerprint density at radius 2 is 1.92 bits per heavy atom. The summed E-state index contributed by atoms with van der Waals surface area (Å²) in [5.74, 6) is 0.445. The average Bonchev–Trinajstić information content (AvgIpc) is 2.62. The number of morpholine rings is 1. The largest absolute Gasteiger partial charge is 0.495 e. The van der Waals surface area contributed by atoms with Gasteiger partial charge in [0.15, 0.2) is 0 Å². The van der Waals surface area contributed by atoms with Crippen molar-refractivity contribution in [1.82, 2.24) is 4.31 Å². The maximum Gasteiger partial charge on any atom is 0.243 e. The lowest BCUT2D eigenvalue weighted by Gasteiger charge is -2.32. The van der Waals surface area contributed by atoms with Crippen LogP contribution in [0.2, 0.25) is 5.02 Å². The second kappa shape index (κ2) is 7.33. The highest BCUT2D eigenvalue weighted by molar-refractivity contribution is 7.89. The van der Waals surface area contributed by atoms with Gasteiger partial charge in [-0.2, -0.15) is 4.31 Å². The Hall–Kier alpha value is -1.60. The second-order valence-corrected chi connectivity index (χ2v) is 8.27. The van der Waals surface area contributed by atoms with Crippen molar-refractivity contribution in [1.29, 1.82) is 0 Å². The molecule has 1 saturated heterocycles. The van der Waals surface area contributed by atoms with Crippen molar-refractivity contribution in [2.75, 3.05) is 26.8 Å². The van der Waals surface area contributed by atoms with Crippen LogP contribution in [0.15, 0.2) is 47.4 Å². The Balaban J connectivity index is 1.84. The van der Waals surface area contributed by atoms with E-state index in [2.05, 4.69) is 0 Å². The van der Waals surface area contributed by atoms with Gasteiger partial charge in [0.1, 0.15) is 5.75 Å². The van der Waals surface area contributed by atoms with Gasteiger partial charge >= 0.3 is 0 Å². The van der Waals surface area contributed by atoms with E-state index in [-0.39, 0.29) is 22.6 Å². The van der Waals surface area contributed by atoms with Crippen LogP contribution >= 0.6 is 11.6 Å². The van der Waals surface area contributed by atoms with Gasteiger partial charge in [-0.3, -0.25) is 0 Å². The molecule has 1 heterocycles. The first-order chi connectivity index (χ1) is 11.9. The molecular weight excluding hydrogens is 362 g/mol. The summed E-state index contributed by atoms with van der Waals surface area (Å²) in [6.07, 6.45) is -0.280. The van der Waals surface area contributed by atoms with Crippen LogP contribution in [0.3, 0.4) is 0 Å². The van der Waals surface area contributed by atoms with Crippen LogP contribution in [0.4, 0.5) is 0 Å². The third-order valence-corrected chi connectivity index (χ3v) is 6.40. The molecular formula is C18H20ClNO4S. The molecule has 134 valence electrons. The van der Waals surface area contributed by atoms with E-state index in [0.717, 1.165) is 11.1 Å². The number of hydrogen-bond acceptors (Lipinski definition) is 4. The highest BCUT2D eigenvalue weighted by atomic mass is 35.5. The normalized spacial score (nSPS) is 18.9. The minimum absolute atomic E-state index is 0.155. The third-order valence-electron chi connectivity index (χ3n) is 4.24. The summed E-state index contributed by atoms with van der Waals surface area (Å²) >= 11 is 6.08. The van der Waals surface area contributed by atoms with Gasteiger partial charge in [0.05, 0.1) is 29.7 Å². The van der Waals surface area contributed by atoms with Crippen LogP contribution in [0.5, 0.6) is 5.75 Å². The van der Waals surface area contributed by atoms with Crippen molar-refractivity contribution in [2.45, 2.75) is 17.9 Å². The van der Waals surface area contributed by atoms with Crippen LogP contribution < -0.4 is 4.74 Å². The van der Waals surface area contributed by atoms with Crippen LogP contribution in [0, 0.1) is 6.92 Å². The first-order valence-corrected chi connectivity index (χ1v) is 9.75. The van der Waals surface area contributed by atoms with Gasteiger partial charge in [-0.05, 0) is 30.7 Å². The summed E-state index contributed by atoms with van der Waals surface area (Å²) in [5, 5.41) is 0.270. The van der Waals surface area contributed by atoms with Gasteiger partial charge in [-0.15, -0.1) is 0 Å². The number of rotatable bonds is 4. The molecule has 1 fully saturated rings. The van der Waals surface area contributed by atoms with Crippen molar-refractivity contribution < 1.29 is 17.9 Å². The molecule has 1 aliphatic heterocycles. The van der Waals surface area contributed by atoms with E-state index in [4.69, 9.17) is 21.1 Å². The van der Waals surface area contributed by atoms with Gasteiger partial charge < -0.3 is 9.47 Å². The van der Waals surface area contributed by atoms with Crippen LogP contribution in [-0.2, 0) is 14.8 Å². The zero-order chi connectivity index (χ0) is 18.0. The molecule has 7 heteroatoms. The molecule has 25 heavy (non-hydrogen) atoms. The van der Waals surface area contributed by atoms with E-state index in [0.29, 0.717) is 18.9 Å². The lowest BCUT2D eigenvalue weighted by molar-refractivity contribution is -0.00256. The van der Waals surface area contributed by atoms with Crippen molar-refractivity contribution in [3.8, 4) is 5.75 Å². The fourth-order valence-electron chi connectivity index (χ4n) is 2.78. The van der Waals surface area contributed by atoms with Gasteiger partial charge in [0, 0.05) is 13.1 Å². The van der Waals surface area contributed by atoms with Crippen molar-refractivity contribution >= 4 is 21.6 Å². The molecule has 3 rings (SSSR count). The fourth-order valence-corrected chi connectivity index (χ4v) is 4.56.